The van der Waals surface area contributed by atoms with Gasteiger partial charge in [-0.05, 0) is 51.3 Å². The van der Waals surface area contributed by atoms with Crippen LogP contribution in [0.2, 0.25) is 0 Å². The van der Waals surface area contributed by atoms with E-state index in [1.54, 1.807) is 0 Å². The number of hydrogen-bond acceptors (Lipinski definition) is 5. The van der Waals surface area contributed by atoms with Gasteiger partial charge in [-0.15, -0.1) is 0 Å². The SMILES string of the molecule is [U+4].c1ccc2c(c1)C1=NC2N=C2[N-]C(N=C3[N-]C(N=C4[N-]C(N1)c1ccccc14)c1ccccc13)c1ccccc12. The molecule has 8 bridgehead atoms. The summed E-state index contributed by atoms with van der Waals surface area (Å²) in [7, 11) is 0. The summed E-state index contributed by atoms with van der Waals surface area (Å²) >= 11 is 0. The van der Waals surface area contributed by atoms with E-state index in [1.165, 1.54) is 0 Å². The summed E-state index contributed by atoms with van der Waals surface area (Å²) in [5.41, 5.74) is 8.08. The minimum Gasteiger partial charge on any atom is -0.458 e. The predicted octanol–water partition coefficient (Wildman–Crippen LogP) is 6.55. The number of benzene rings is 4. The van der Waals surface area contributed by atoms with Gasteiger partial charge in [-0.25, -0.2) is 0 Å². The van der Waals surface area contributed by atoms with E-state index in [2.05, 4.69) is 53.8 Å². The van der Waals surface area contributed by atoms with E-state index in [4.69, 9.17) is 35.9 Å². The van der Waals surface area contributed by atoms with Crippen molar-refractivity contribution in [1.29, 1.82) is 0 Å². The quantitative estimate of drug-likeness (QED) is 0.216. The third-order valence-corrected chi connectivity index (χ3v) is 7.95. The maximum atomic E-state index is 5.09. The van der Waals surface area contributed by atoms with Crippen molar-refractivity contribution < 1.29 is 31.1 Å². The molecule has 0 saturated carbocycles. The van der Waals surface area contributed by atoms with Gasteiger partial charge in [-0.2, -0.15) is 0 Å². The van der Waals surface area contributed by atoms with Crippen molar-refractivity contribution in [2.24, 2.45) is 20.0 Å². The molecule has 4 unspecified atom stereocenters. The Labute approximate surface area is 260 Å². The standard InChI is InChI=1S/C32H21N8.U/c1-2-10-18-17(9-1)25-33-26(18)38-28-21-13-5-6-14-22(21)30(35-28)40-32-24-16-8-7-15-23(24)31(36-32)39-29-20-12-4-3-11-19(20)27(34-29)37-25;/h1-16,25,28-29,32H,(H-3,33,34,35,36,37,38,39,40);/q-3;+4. The van der Waals surface area contributed by atoms with Gasteiger partial charge in [0.05, 0.1) is 12.3 Å². The molecule has 1 N–H and O–H groups in total. The Kier molecular flexibility index (Phi) is 5.66. The van der Waals surface area contributed by atoms with Crippen molar-refractivity contribution in [2.75, 3.05) is 0 Å². The molecular formula is C32H21N8U+. The third-order valence-electron chi connectivity index (χ3n) is 7.95. The van der Waals surface area contributed by atoms with Crippen LogP contribution in [0, 0.1) is 31.1 Å². The number of nitrogens with one attached hydrogen (secondary N) is 1. The molecule has 4 aromatic rings. The number of nitrogens with zero attached hydrogens (tertiary/aromatic N) is 7. The molecule has 9 rings (SSSR count). The maximum Gasteiger partial charge on any atom is 4.00 e. The minimum atomic E-state index is -0.444. The van der Waals surface area contributed by atoms with Crippen LogP contribution in [0.1, 0.15) is 69.2 Å². The molecule has 41 heavy (non-hydrogen) atoms. The zero-order chi connectivity index (χ0) is 26.2. The Hall–Kier alpha value is -4.19. The van der Waals surface area contributed by atoms with E-state index in [1.807, 2.05) is 48.5 Å². The number of fused-ring (bicyclic) bond motifs is 19. The molecular weight excluding hydrogens is 734 g/mol. The Balaban J connectivity index is 0.00000256. The van der Waals surface area contributed by atoms with Gasteiger partial charge in [0.15, 0.2) is 0 Å². The molecule has 0 radical (unpaired) electrons. The van der Waals surface area contributed by atoms with Crippen molar-refractivity contribution in [3.05, 3.63) is 158 Å². The van der Waals surface area contributed by atoms with Crippen molar-refractivity contribution in [3.8, 4) is 0 Å². The first kappa shape index (κ1) is 24.6. The maximum absolute atomic E-state index is 5.09. The van der Waals surface area contributed by atoms with E-state index >= 15 is 0 Å². The fourth-order valence-corrected chi connectivity index (χ4v) is 6.07. The third kappa shape index (κ3) is 3.80. The average Bonchev–Trinajstić information content (AvgIpc) is 3.73. The van der Waals surface area contributed by atoms with Crippen LogP contribution < -0.4 is 5.32 Å². The van der Waals surface area contributed by atoms with Gasteiger partial charge in [-0.1, -0.05) is 115 Å². The summed E-state index contributed by atoms with van der Waals surface area (Å²) < 4.78 is 0. The van der Waals surface area contributed by atoms with Crippen LogP contribution in [0.3, 0.4) is 0 Å². The van der Waals surface area contributed by atoms with Crippen molar-refractivity contribution >= 4 is 23.3 Å². The molecule has 4 aromatic carbocycles. The zero-order valence-electron chi connectivity index (χ0n) is 21.7. The van der Waals surface area contributed by atoms with Crippen LogP contribution in [0.4, 0.5) is 0 Å². The second-order valence-corrected chi connectivity index (χ2v) is 10.2. The number of aliphatic imine (C=N–C) groups is 4. The van der Waals surface area contributed by atoms with E-state index in [0.717, 1.165) is 50.3 Å². The largest absolute Gasteiger partial charge is 4.00 e. The first-order valence-corrected chi connectivity index (χ1v) is 13.4. The first-order valence-electron chi connectivity index (χ1n) is 13.4. The number of amidine groups is 4. The number of hydrogen-bond donors (Lipinski definition) is 1. The summed E-state index contributed by atoms with van der Waals surface area (Å²) in [6, 6.07) is 32.7. The van der Waals surface area contributed by atoms with Crippen molar-refractivity contribution in [2.45, 2.75) is 24.7 Å². The van der Waals surface area contributed by atoms with Crippen molar-refractivity contribution in [3.63, 3.8) is 0 Å². The number of rotatable bonds is 0. The molecule has 192 valence electrons. The molecule has 5 heterocycles. The molecule has 0 aromatic heterocycles. The molecule has 4 atom stereocenters. The van der Waals surface area contributed by atoms with Crippen LogP contribution >= 0.6 is 0 Å². The van der Waals surface area contributed by atoms with E-state index in [-0.39, 0.29) is 37.3 Å². The fourth-order valence-electron chi connectivity index (χ4n) is 6.07. The second-order valence-electron chi connectivity index (χ2n) is 10.2. The summed E-state index contributed by atoms with van der Waals surface area (Å²) in [6.07, 6.45) is -1.63. The van der Waals surface area contributed by atoms with Crippen LogP contribution in [0.5, 0.6) is 0 Å². The predicted molar refractivity (Wildman–Crippen MR) is 156 cm³/mol. The first-order chi connectivity index (χ1) is 19.8. The Morgan fingerprint density at radius 2 is 0.927 bits per heavy atom. The zero-order valence-corrected chi connectivity index (χ0v) is 25.8. The second kappa shape index (κ2) is 9.44. The van der Waals surface area contributed by atoms with E-state index in [0.29, 0.717) is 17.5 Å². The van der Waals surface area contributed by atoms with Crippen molar-refractivity contribution in [1.82, 2.24) is 5.32 Å². The average molecular weight is 756 g/mol. The summed E-state index contributed by atoms with van der Waals surface area (Å²) in [5, 5.41) is 18.6. The molecule has 9 heteroatoms. The van der Waals surface area contributed by atoms with Crippen LogP contribution in [0.25, 0.3) is 16.0 Å². The Bertz CT molecular complexity index is 1860. The van der Waals surface area contributed by atoms with Crippen LogP contribution in [0.15, 0.2) is 117 Å². The van der Waals surface area contributed by atoms with Gasteiger partial charge < -0.3 is 36.2 Å². The molecule has 0 fully saturated rings. The molecule has 0 aliphatic carbocycles. The molecule has 0 saturated heterocycles. The topological polar surface area (TPSA) is 104 Å². The van der Waals surface area contributed by atoms with E-state index in [9.17, 15) is 0 Å². The van der Waals surface area contributed by atoms with Gasteiger partial charge in [-0.3, -0.25) is 4.99 Å². The summed E-state index contributed by atoms with van der Waals surface area (Å²) in [4.78, 5) is 20.3. The van der Waals surface area contributed by atoms with E-state index < -0.39 is 18.5 Å². The smallest absolute Gasteiger partial charge is 0.458 e. The van der Waals surface area contributed by atoms with Gasteiger partial charge in [0.1, 0.15) is 5.84 Å². The molecule has 0 amide bonds. The van der Waals surface area contributed by atoms with Crippen LogP contribution in [-0.2, 0) is 0 Å². The molecule has 5 aliphatic heterocycles. The minimum absolute atomic E-state index is 0. The van der Waals surface area contributed by atoms with Crippen LogP contribution in [-0.4, -0.2) is 23.3 Å². The van der Waals surface area contributed by atoms with Gasteiger partial charge in [0.25, 0.3) is 0 Å². The normalized spacial score (nSPS) is 23.8. The monoisotopic (exact) mass is 755 g/mol. The summed E-state index contributed by atoms with van der Waals surface area (Å²) in [5.74, 6) is 2.74. The Morgan fingerprint density at radius 1 is 0.463 bits per heavy atom. The van der Waals surface area contributed by atoms with Gasteiger partial charge >= 0.3 is 31.1 Å². The molecule has 8 nitrogen and oxygen atoms in total. The molecule has 0 spiro atoms. The Morgan fingerprint density at radius 3 is 1.56 bits per heavy atom. The fraction of sp³-hybridized carbons (Fsp3) is 0.125. The van der Waals surface area contributed by atoms with Gasteiger partial charge in [0, 0.05) is 5.56 Å². The van der Waals surface area contributed by atoms with Gasteiger partial charge in [0.2, 0.25) is 0 Å². The molecule has 5 aliphatic rings. The summed E-state index contributed by atoms with van der Waals surface area (Å²) in [6.45, 7) is 0.